The number of carbonyl (C=O) groups is 1. The number of nitrogens with two attached hydrogens (primary N) is 1. The molecule has 0 aliphatic heterocycles. The standard InChI is InChI=1S/C17H15F3N2O4S/c18-12-4-9(5-13(19)16(12)20)22-17(24)8-1-2-14(21)15(3-8)27(25,26)11-6-10(23)7-11/h1-5,10-11,23H,6-7,21H2,(H,22,24)/t10-,11-. The molecule has 0 aromatic heterocycles. The van der Waals surface area contributed by atoms with Gasteiger partial charge in [-0.15, -0.1) is 0 Å². The number of hydrogen-bond acceptors (Lipinski definition) is 5. The molecule has 27 heavy (non-hydrogen) atoms. The quantitative estimate of drug-likeness (QED) is 0.539. The number of carbonyl (C=O) groups excluding carboxylic acids is 1. The molecule has 2 aromatic rings. The maximum atomic E-state index is 13.2. The lowest BCUT2D eigenvalue weighted by Gasteiger charge is -2.31. The van der Waals surface area contributed by atoms with E-state index >= 15 is 0 Å². The van der Waals surface area contributed by atoms with Crippen LogP contribution >= 0.6 is 0 Å². The highest BCUT2D eigenvalue weighted by molar-refractivity contribution is 7.92. The SMILES string of the molecule is Nc1ccc(C(=O)Nc2cc(F)c(F)c(F)c2)cc1S(=O)(=O)[C@H]1C[C@H](O)C1. The zero-order chi connectivity index (χ0) is 19.9. The predicted molar refractivity (Wildman–Crippen MR) is 91.3 cm³/mol. The van der Waals surface area contributed by atoms with Crippen molar-refractivity contribution in [2.75, 3.05) is 11.1 Å². The third-order valence-electron chi connectivity index (χ3n) is 4.33. The van der Waals surface area contributed by atoms with E-state index in [9.17, 15) is 31.5 Å². The second-order valence-electron chi connectivity index (χ2n) is 6.25. The van der Waals surface area contributed by atoms with E-state index in [4.69, 9.17) is 5.73 Å². The Kier molecular flexibility index (Phi) is 4.87. The van der Waals surface area contributed by atoms with Crippen LogP contribution < -0.4 is 11.1 Å². The topological polar surface area (TPSA) is 109 Å². The number of amides is 1. The van der Waals surface area contributed by atoms with Crippen molar-refractivity contribution in [2.24, 2.45) is 0 Å². The molecule has 144 valence electrons. The molecule has 1 aliphatic rings. The number of anilines is 2. The Hall–Kier alpha value is -2.59. The molecule has 6 nitrogen and oxygen atoms in total. The smallest absolute Gasteiger partial charge is 0.255 e. The first-order valence-electron chi connectivity index (χ1n) is 7.87. The molecule has 1 fully saturated rings. The lowest BCUT2D eigenvalue weighted by molar-refractivity contribution is 0.0976. The van der Waals surface area contributed by atoms with Gasteiger partial charge in [-0.25, -0.2) is 21.6 Å². The molecule has 0 heterocycles. The maximum absolute atomic E-state index is 13.2. The number of rotatable bonds is 4. The summed E-state index contributed by atoms with van der Waals surface area (Å²) < 4.78 is 64.6. The highest BCUT2D eigenvalue weighted by Gasteiger charge is 2.39. The zero-order valence-corrected chi connectivity index (χ0v) is 14.6. The van der Waals surface area contributed by atoms with E-state index in [0.29, 0.717) is 12.1 Å². The van der Waals surface area contributed by atoms with Crippen molar-refractivity contribution in [2.45, 2.75) is 29.1 Å². The molecule has 0 unspecified atom stereocenters. The minimum atomic E-state index is -3.85. The van der Waals surface area contributed by atoms with Crippen molar-refractivity contribution in [3.05, 3.63) is 53.3 Å². The van der Waals surface area contributed by atoms with Crippen molar-refractivity contribution in [3.63, 3.8) is 0 Å². The average Bonchev–Trinajstić information content (AvgIpc) is 2.56. The van der Waals surface area contributed by atoms with Crippen molar-refractivity contribution in [3.8, 4) is 0 Å². The first-order chi connectivity index (χ1) is 12.6. The van der Waals surface area contributed by atoms with Gasteiger partial charge < -0.3 is 16.2 Å². The highest BCUT2D eigenvalue weighted by Crippen LogP contribution is 2.34. The molecule has 0 radical (unpaired) electrons. The van der Waals surface area contributed by atoms with Crippen LogP contribution in [-0.2, 0) is 9.84 Å². The summed E-state index contributed by atoms with van der Waals surface area (Å²) in [5.74, 6) is -5.48. The van der Waals surface area contributed by atoms with Crippen LogP contribution in [0.3, 0.4) is 0 Å². The summed E-state index contributed by atoms with van der Waals surface area (Å²) in [6.45, 7) is 0. The second-order valence-corrected chi connectivity index (χ2v) is 8.45. The van der Waals surface area contributed by atoms with Gasteiger partial charge >= 0.3 is 0 Å². The van der Waals surface area contributed by atoms with Crippen molar-refractivity contribution < 1.29 is 31.5 Å². The lowest BCUT2D eigenvalue weighted by atomic mass is 9.96. The van der Waals surface area contributed by atoms with Gasteiger partial charge in [0, 0.05) is 23.4 Å². The van der Waals surface area contributed by atoms with Gasteiger partial charge in [-0.2, -0.15) is 0 Å². The van der Waals surface area contributed by atoms with E-state index in [2.05, 4.69) is 5.32 Å². The highest BCUT2D eigenvalue weighted by atomic mass is 32.2. The molecule has 1 aliphatic carbocycles. The summed E-state index contributed by atoms with van der Waals surface area (Å²) >= 11 is 0. The first-order valence-corrected chi connectivity index (χ1v) is 9.41. The summed E-state index contributed by atoms with van der Waals surface area (Å²) in [6, 6.07) is 4.72. The van der Waals surface area contributed by atoms with Crippen LogP contribution in [0.5, 0.6) is 0 Å². The Morgan fingerprint density at radius 1 is 1.11 bits per heavy atom. The van der Waals surface area contributed by atoms with Gasteiger partial charge in [-0.1, -0.05) is 0 Å². The minimum absolute atomic E-state index is 0.0631. The van der Waals surface area contributed by atoms with Crippen molar-refractivity contribution in [1.82, 2.24) is 0 Å². The van der Waals surface area contributed by atoms with Crippen molar-refractivity contribution >= 4 is 27.1 Å². The number of aliphatic hydroxyl groups is 1. The lowest BCUT2D eigenvalue weighted by Crippen LogP contribution is -2.39. The van der Waals surface area contributed by atoms with E-state index in [-0.39, 0.29) is 34.7 Å². The Labute approximate surface area is 152 Å². The van der Waals surface area contributed by atoms with Crippen LogP contribution in [0, 0.1) is 17.5 Å². The Bertz CT molecular complexity index is 998. The summed E-state index contributed by atoms with van der Waals surface area (Å²) in [4.78, 5) is 12.0. The summed E-state index contributed by atoms with van der Waals surface area (Å²) in [7, 11) is -3.85. The van der Waals surface area contributed by atoms with Gasteiger partial charge in [-0.3, -0.25) is 4.79 Å². The number of halogens is 3. The van der Waals surface area contributed by atoms with Gasteiger partial charge in [0.15, 0.2) is 27.3 Å². The van der Waals surface area contributed by atoms with Gasteiger partial charge in [0.2, 0.25) is 0 Å². The third kappa shape index (κ3) is 3.62. The van der Waals surface area contributed by atoms with Crippen LogP contribution in [-0.4, -0.2) is 30.8 Å². The molecule has 4 N–H and O–H groups in total. The van der Waals surface area contributed by atoms with Gasteiger partial charge in [0.05, 0.1) is 21.9 Å². The number of nitrogen functional groups attached to an aromatic ring is 1. The third-order valence-corrected chi connectivity index (χ3v) is 6.56. The normalized spacial score (nSPS) is 19.4. The average molecular weight is 400 g/mol. The molecule has 0 bridgehead atoms. The minimum Gasteiger partial charge on any atom is -0.398 e. The van der Waals surface area contributed by atoms with E-state index in [1.54, 1.807) is 0 Å². The molecule has 0 saturated heterocycles. The molecule has 1 amide bonds. The van der Waals surface area contributed by atoms with Crippen LogP contribution in [0.25, 0.3) is 0 Å². The maximum Gasteiger partial charge on any atom is 0.255 e. The van der Waals surface area contributed by atoms with E-state index in [1.165, 1.54) is 12.1 Å². The number of nitrogens with one attached hydrogen (secondary N) is 1. The molecule has 0 spiro atoms. The fraction of sp³-hybridized carbons (Fsp3) is 0.235. The summed E-state index contributed by atoms with van der Waals surface area (Å²) in [5.41, 5.74) is 5.21. The first kappa shape index (κ1) is 19.2. The Balaban J connectivity index is 1.88. The molecule has 0 atom stereocenters. The molecule has 10 heteroatoms. The van der Waals surface area contributed by atoms with Gasteiger partial charge in [0.1, 0.15) is 0 Å². The molecular formula is C17H15F3N2O4S. The van der Waals surface area contributed by atoms with Gasteiger partial charge in [0.25, 0.3) is 5.91 Å². The number of sulfone groups is 1. The monoisotopic (exact) mass is 400 g/mol. The van der Waals surface area contributed by atoms with Crippen LogP contribution in [0.2, 0.25) is 0 Å². The number of hydrogen-bond donors (Lipinski definition) is 3. The van der Waals surface area contributed by atoms with E-state index in [1.807, 2.05) is 0 Å². The summed E-state index contributed by atoms with van der Waals surface area (Å²) in [6.07, 6.45) is -0.542. The van der Waals surface area contributed by atoms with E-state index in [0.717, 1.165) is 6.07 Å². The van der Waals surface area contributed by atoms with Crippen molar-refractivity contribution in [1.29, 1.82) is 0 Å². The van der Waals surface area contributed by atoms with Crippen LogP contribution in [0.1, 0.15) is 23.2 Å². The Morgan fingerprint density at radius 3 is 2.26 bits per heavy atom. The van der Waals surface area contributed by atoms with Gasteiger partial charge in [-0.05, 0) is 31.0 Å². The van der Waals surface area contributed by atoms with Crippen LogP contribution in [0.15, 0.2) is 35.2 Å². The number of benzene rings is 2. The molecule has 3 rings (SSSR count). The fourth-order valence-electron chi connectivity index (χ4n) is 2.72. The predicted octanol–water partition coefficient (Wildman–Crippen LogP) is 2.24. The van der Waals surface area contributed by atoms with E-state index < -0.39 is 44.5 Å². The Morgan fingerprint density at radius 2 is 1.70 bits per heavy atom. The molecule has 2 aromatic carbocycles. The number of aliphatic hydroxyl groups excluding tert-OH is 1. The molecular weight excluding hydrogens is 385 g/mol. The largest absolute Gasteiger partial charge is 0.398 e. The summed E-state index contributed by atoms with van der Waals surface area (Å²) in [5, 5.41) is 10.7. The zero-order valence-electron chi connectivity index (χ0n) is 13.7. The second kappa shape index (κ2) is 6.86. The van der Waals surface area contributed by atoms with Crippen LogP contribution in [0.4, 0.5) is 24.5 Å². The fourth-order valence-corrected chi connectivity index (χ4v) is 4.72. The molecule has 1 saturated carbocycles.